The van der Waals surface area contributed by atoms with E-state index < -0.39 is 0 Å². The Kier molecular flexibility index (Phi) is 11.5. The third-order valence-electron chi connectivity index (χ3n) is 0.158. The number of hydrogen-bond donors (Lipinski definition) is 1. The van der Waals surface area contributed by atoms with E-state index in [1.807, 2.05) is 0 Å². The van der Waals surface area contributed by atoms with E-state index in [9.17, 15) is 0 Å². The molecule has 0 atom stereocenters. The van der Waals surface area contributed by atoms with Crippen LogP contribution in [0.25, 0.3) is 0 Å². The van der Waals surface area contributed by atoms with Gasteiger partial charge in [0, 0.05) is 0 Å². The minimum Gasteiger partial charge on any atom is -0.410 e. The van der Waals surface area contributed by atoms with Crippen molar-refractivity contribution in [3.8, 4) is 6.19 Å². The van der Waals surface area contributed by atoms with Gasteiger partial charge in [-0.15, -0.1) is 0 Å². The molecule has 0 fully saturated rings. The van der Waals surface area contributed by atoms with E-state index in [-0.39, 0.29) is 55.7 Å². The van der Waals surface area contributed by atoms with E-state index in [0.717, 1.165) is 0 Å². The van der Waals surface area contributed by atoms with Gasteiger partial charge in [-0.1, -0.05) is 4.32 Å². The zero-order valence-corrected chi connectivity index (χ0v) is 8.52. The van der Waals surface area contributed by atoms with Crippen LogP contribution in [0, 0.1) is 11.5 Å². The molecule has 0 aliphatic rings. The summed E-state index contributed by atoms with van der Waals surface area (Å²) >= 11 is 8.55. The van der Waals surface area contributed by atoms with Gasteiger partial charge in [0.05, 0.1) is 0 Å². The molecule has 0 aliphatic carbocycles. The topological polar surface area (TPSA) is 35.8 Å². The Labute approximate surface area is 95.5 Å². The largest absolute Gasteiger partial charge is 1.00 e. The van der Waals surface area contributed by atoms with E-state index >= 15 is 0 Å². The Bertz CT molecular complexity index is 96.4. The first-order valence-electron chi connectivity index (χ1n) is 1.13. The van der Waals surface area contributed by atoms with Crippen LogP contribution in [0.4, 0.5) is 0 Å². The minimum atomic E-state index is 0. The van der Waals surface area contributed by atoms with Crippen molar-refractivity contribution in [2.24, 2.45) is 0 Å². The molecular formula is C2HKN2S2. The molecule has 2 nitrogen and oxygen atoms in total. The Hall–Kier alpha value is 1.24. The predicted octanol–water partition coefficient (Wildman–Crippen LogP) is -3.11. The van der Waals surface area contributed by atoms with Crippen LogP contribution in [-0.2, 0) is 12.6 Å². The molecule has 0 heterocycles. The second-order valence-corrected chi connectivity index (χ2v) is 1.60. The number of nitrogens with one attached hydrogen (secondary N) is 1. The summed E-state index contributed by atoms with van der Waals surface area (Å²) in [6.07, 6.45) is 1.57. The standard InChI is InChI=1S/C2H2N2S2.K/c3-1-4-2(5)6;/h(H2,4,5,6);/q;+1/p-1. The fraction of sp³-hybridized carbons (Fsp3) is 0. The van der Waals surface area contributed by atoms with E-state index in [1.54, 1.807) is 6.19 Å². The Morgan fingerprint density at radius 2 is 2.29 bits per heavy atom. The van der Waals surface area contributed by atoms with Gasteiger partial charge < -0.3 is 30.2 Å². The van der Waals surface area contributed by atoms with Crippen molar-refractivity contribution >= 4 is 29.2 Å². The van der Waals surface area contributed by atoms with Crippen molar-refractivity contribution in [3.05, 3.63) is 0 Å². The summed E-state index contributed by atoms with van der Waals surface area (Å²) in [7, 11) is 0. The number of nitriles is 1. The Morgan fingerprint density at radius 1 is 1.86 bits per heavy atom. The Balaban J connectivity index is 0. The van der Waals surface area contributed by atoms with Gasteiger partial charge >= 0.3 is 51.4 Å². The first-order valence-corrected chi connectivity index (χ1v) is 1.95. The monoisotopic (exact) mass is 156 g/mol. The molecule has 0 bridgehead atoms. The van der Waals surface area contributed by atoms with Gasteiger partial charge in [0.1, 0.15) is 0 Å². The summed E-state index contributed by atoms with van der Waals surface area (Å²) in [4.78, 5) is 0. The molecule has 0 unspecified atom stereocenters. The number of thiocarbonyl (C=S) groups is 1. The van der Waals surface area contributed by atoms with Crippen LogP contribution in [-0.4, -0.2) is 4.32 Å². The van der Waals surface area contributed by atoms with Gasteiger partial charge in [-0.3, -0.25) is 0 Å². The van der Waals surface area contributed by atoms with Crippen LogP contribution < -0.4 is 56.7 Å². The number of nitrogens with zero attached hydrogens (tertiary/aromatic N) is 1. The van der Waals surface area contributed by atoms with Crippen molar-refractivity contribution in [1.29, 1.82) is 5.26 Å². The zero-order valence-electron chi connectivity index (χ0n) is 3.76. The summed E-state index contributed by atoms with van der Waals surface area (Å²) < 4.78 is 0.0949. The van der Waals surface area contributed by atoms with Crippen molar-refractivity contribution in [1.82, 2.24) is 5.32 Å². The van der Waals surface area contributed by atoms with E-state index in [2.05, 4.69) is 30.2 Å². The normalized spacial score (nSPS) is 5.00. The summed E-state index contributed by atoms with van der Waals surface area (Å²) in [5, 5.41) is 9.78. The van der Waals surface area contributed by atoms with Crippen molar-refractivity contribution in [2.75, 3.05) is 0 Å². The average Bonchev–Trinajstić information content (AvgIpc) is 1.35. The first kappa shape index (κ1) is 11.1. The van der Waals surface area contributed by atoms with Crippen LogP contribution in [0.3, 0.4) is 0 Å². The molecule has 0 rings (SSSR count). The average molecular weight is 156 g/mol. The van der Waals surface area contributed by atoms with Gasteiger partial charge in [0.2, 0.25) is 0 Å². The van der Waals surface area contributed by atoms with Gasteiger partial charge in [0.15, 0.2) is 6.19 Å². The third kappa shape index (κ3) is 11.1. The predicted molar refractivity (Wildman–Crippen MR) is 28.7 cm³/mol. The smallest absolute Gasteiger partial charge is 0.410 e. The molecule has 0 saturated heterocycles. The summed E-state index contributed by atoms with van der Waals surface area (Å²) in [5.41, 5.74) is 0. The van der Waals surface area contributed by atoms with E-state index in [0.29, 0.717) is 0 Å². The van der Waals surface area contributed by atoms with Gasteiger partial charge in [0.25, 0.3) is 0 Å². The zero-order chi connectivity index (χ0) is 4.99. The molecule has 7 heavy (non-hydrogen) atoms. The van der Waals surface area contributed by atoms with E-state index in [4.69, 9.17) is 5.26 Å². The summed E-state index contributed by atoms with van der Waals surface area (Å²) in [6, 6.07) is 0. The molecular weight excluding hydrogens is 155 g/mol. The maximum atomic E-state index is 7.72. The van der Waals surface area contributed by atoms with Crippen molar-refractivity contribution in [3.63, 3.8) is 0 Å². The number of rotatable bonds is 0. The summed E-state index contributed by atoms with van der Waals surface area (Å²) in [6.45, 7) is 0. The van der Waals surface area contributed by atoms with Crippen LogP contribution in [0.5, 0.6) is 0 Å². The molecule has 0 aliphatic heterocycles. The molecule has 1 N–H and O–H groups in total. The number of hydrogen-bond acceptors (Lipinski definition) is 3. The second kappa shape index (κ2) is 7.24. The van der Waals surface area contributed by atoms with Gasteiger partial charge in [-0.2, -0.15) is 5.26 Å². The summed E-state index contributed by atoms with van der Waals surface area (Å²) in [5.74, 6) is 0. The quantitative estimate of drug-likeness (QED) is 0.132. The molecule has 0 amide bonds. The fourth-order valence-electron chi connectivity index (χ4n) is 0.0456. The molecule has 0 radical (unpaired) electrons. The third-order valence-corrected chi connectivity index (χ3v) is 0.362. The van der Waals surface area contributed by atoms with Crippen molar-refractivity contribution in [2.45, 2.75) is 0 Å². The maximum absolute atomic E-state index is 7.72. The SMILES string of the molecule is N#CNC(=S)[S-].[K+]. The van der Waals surface area contributed by atoms with Crippen LogP contribution >= 0.6 is 12.2 Å². The molecule has 0 spiro atoms. The molecule has 5 heteroatoms. The molecule has 32 valence electrons. The molecule has 0 aromatic heterocycles. The second-order valence-electron chi connectivity index (χ2n) is 0.524. The van der Waals surface area contributed by atoms with E-state index in [1.165, 1.54) is 0 Å². The maximum Gasteiger partial charge on any atom is 1.00 e. The fourth-order valence-corrected chi connectivity index (χ4v) is 0.137. The minimum absolute atomic E-state index is 0. The molecule has 0 saturated carbocycles. The van der Waals surface area contributed by atoms with Gasteiger partial charge in [-0.05, 0) is 0 Å². The van der Waals surface area contributed by atoms with Crippen LogP contribution in [0.1, 0.15) is 0 Å². The van der Waals surface area contributed by atoms with Crippen LogP contribution in [0.15, 0.2) is 0 Å². The molecule has 0 aromatic rings. The van der Waals surface area contributed by atoms with Crippen LogP contribution in [0.2, 0.25) is 0 Å². The Morgan fingerprint density at radius 3 is 2.29 bits per heavy atom. The first-order chi connectivity index (χ1) is 2.77. The van der Waals surface area contributed by atoms with Crippen molar-refractivity contribution < 1.29 is 51.4 Å². The van der Waals surface area contributed by atoms with Gasteiger partial charge in [-0.25, -0.2) is 0 Å². The molecule has 0 aromatic carbocycles.